The standard InChI is InChI=1S/C9H8F3N/c1-7(9(10,11)12)6-8-4-2-3-5-13-8/h2-6,13H,1H2. The van der Waals surface area contributed by atoms with E-state index in [4.69, 9.17) is 0 Å². The summed E-state index contributed by atoms with van der Waals surface area (Å²) in [5, 5.41) is 2.66. The molecular weight excluding hydrogens is 179 g/mol. The van der Waals surface area contributed by atoms with Crippen LogP contribution in [-0.4, -0.2) is 6.18 Å². The normalized spacial score (nSPS) is 18.8. The molecule has 0 spiro atoms. The highest BCUT2D eigenvalue weighted by Gasteiger charge is 2.30. The fourth-order valence-electron chi connectivity index (χ4n) is 0.767. The zero-order chi connectivity index (χ0) is 9.90. The van der Waals surface area contributed by atoms with Crippen molar-refractivity contribution in [2.75, 3.05) is 0 Å². The van der Waals surface area contributed by atoms with Crippen LogP contribution < -0.4 is 5.32 Å². The molecule has 0 unspecified atom stereocenters. The van der Waals surface area contributed by atoms with Crippen LogP contribution in [0.5, 0.6) is 0 Å². The van der Waals surface area contributed by atoms with Gasteiger partial charge in [0.1, 0.15) is 0 Å². The number of halogens is 3. The minimum atomic E-state index is -4.36. The molecule has 4 heteroatoms. The summed E-state index contributed by atoms with van der Waals surface area (Å²) in [6.45, 7) is 2.92. The molecule has 1 aliphatic heterocycles. The Balaban J connectivity index is 2.72. The third-order valence-corrected chi connectivity index (χ3v) is 1.43. The lowest BCUT2D eigenvalue weighted by Crippen LogP contribution is -2.12. The fourth-order valence-corrected chi connectivity index (χ4v) is 0.767. The van der Waals surface area contributed by atoms with Crippen LogP contribution >= 0.6 is 0 Å². The molecule has 1 heterocycles. The Hall–Kier alpha value is -1.45. The second-order valence-electron chi connectivity index (χ2n) is 2.49. The molecule has 1 nitrogen and oxygen atoms in total. The van der Waals surface area contributed by atoms with Crippen LogP contribution in [0.15, 0.2) is 48.4 Å². The van der Waals surface area contributed by atoms with Gasteiger partial charge in [0.05, 0.1) is 5.57 Å². The number of alkyl halides is 3. The van der Waals surface area contributed by atoms with Crippen LogP contribution in [0.1, 0.15) is 0 Å². The summed E-state index contributed by atoms with van der Waals surface area (Å²) in [7, 11) is 0. The predicted octanol–water partition coefficient (Wildman–Crippen LogP) is 2.66. The number of hydrogen-bond acceptors (Lipinski definition) is 1. The maximum absolute atomic E-state index is 12.0. The Labute approximate surface area is 73.9 Å². The molecule has 0 aliphatic carbocycles. The number of rotatable bonds is 1. The first-order chi connectivity index (χ1) is 6.00. The van der Waals surface area contributed by atoms with Crippen molar-refractivity contribution < 1.29 is 13.2 Å². The molecule has 0 amide bonds. The zero-order valence-electron chi connectivity index (χ0n) is 6.73. The van der Waals surface area contributed by atoms with Crippen molar-refractivity contribution in [3.05, 3.63) is 48.4 Å². The highest BCUT2D eigenvalue weighted by atomic mass is 19.4. The van der Waals surface area contributed by atoms with Gasteiger partial charge in [0.15, 0.2) is 0 Å². The summed E-state index contributed by atoms with van der Waals surface area (Å²) < 4.78 is 36.0. The molecule has 1 aliphatic rings. The van der Waals surface area contributed by atoms with Crippen molar-refractivity contribution in [3.8, 4) is 0 Å². The first-order valence-corrected chi connectivity index (χ1v) is 3.58. The number of hydrogen-bond donors (Lipinski definition) is 1. The van der Waals surface area contributed by atoms with Gasteiger partial charge in [-0.05, 0) is 18.2 Å². The van der Waals surface area contributed by atoms with Gasteiger partial charge in [-0.2, -0.15) is 13.2 Å². The van der Waals surface area contributed by atoms with E-state index in [1.54, 1.807) is 18.4 Å². The first kappa shape index (κ1) is 9.64. The molecule has 0 fully saturated rings. The second kappa shape index (κ2) is 3.51. The topological polar surface area (TPSA) is 12.0 Å². The van der Waals surface area contributed by atoms with E-state index in [9.17, 15) is 13.2 Å². The second-order valence-corrected chi connectivity index (χ2v) is 2.49. The lowest BCUT2D eigenvalue weighted by atomic mass is 10.2. The van der Waals surface area contributed by atoms with E-state index in [0.29, 0.717) is 5.70 Å². The smallest absolute Gasteiger partial charge is 0.362 e. The highest BCUT2D eigenvalue weighted by Crippen LogP contribution is 2.25. The summed E-state index contributed by atoms with van der Waals surface area (Å²) >= 11 is 0. The Bertz CT molecular complexity index is 294. The van der Waals surface area contributed by atoms with Crippen molar-refractivity contribution in [2.24, 2.45) is 0 Å². The van der Waals surface area contributed by atoms with E-state index >= 15 is 0 Å². The summed E-state index contributed by atoms with van der Waals surface area (Å²) in [4.78, 5) is 0. The number of dihydropyridines is 1. The lowest BCUT2D eigenvalue weighted by Gasteiger charge is -2.09. The minimum absolute atomic E-state index is 0.379. The molecule has 0 atom stereocenters. The van der Waals surface area contributed by atoms with Crippen molar-refractivity contribution in [1.29, 1.82) is 0 Å². The number of allylic oxidation sites excluding steroid dienone is 5. The van der Waals surface area contributed by atoms with Crippen LogP contribution in [0.4, 0.5) is 13.2 Å². The molecule has 70 valence electrons. The average Bonchev–Trinajstić information content (AvgIpc) is 2.04. The number of nitrogens with one attached hydrogen (secondary N) is 1. The molecule has 1 N–H and O–H groups in total. The van der Waals surface area contributed by atoms with Gasteiger partial charge in [-0.3, -0.25) is 0 Å². The molecular formula is C9H8F3N. The molecule has 0 saturated heterocycles. The highest BCUT2D eigenvalue weighted by molar-refractivity contribution is 5.34. The maximum Gasteiger partial charge on any atom is 0.415 e. The summed E-state index contributed by atoms with van der Waals surface area (Å²) in [6.07, 6.45) is 3.02. The van der Waals surface area contributed by atoms with E-state index in [-0.39, 0.29) is 0 Å². The Morgan fingerprint density at radius 2 is 2.08 bits per heavy atom. The van der Waals surface area contributed by atoms with E-state index in [0.717, 1.165) is 6.08 Å². The van der Waals surface area contributed by atoms with E-state index in [2.05, 4.69) is 11.9 Å². The third-order valence-electron chi connectivity index (χ3n) is 1.43. The molecule has 0 aromatic heterocycles. The Kier molecular flexibility index (Phi) is 2.60. The first-order valence-electron chi connectivity index (χ1n) is 3.58. The molecule has 13 heavy (non-hydrogen) atoms. The van der Waals surface area contributed by atoms with Gasteiger partial charge < -0.3 is 5.32 Å². The van der Waals surface area contributed by atoms with Gasteiger partial charge in [-0.25, -0.2) is 0 Å². The SMILES string of the molecule is C=C(C=C1C=CC=CN1)C(F)(F)F. The Morgan fingerprint density at radius 3 is 2.54 bits per heavy atom. The largest absolute Gasteiger partial charge is 0.415 e. The monoisotopic (exact) mass is 187 g/mol. The maximum atomic E-state index is 12.0. The quantitative estimate of drug-likeness (QED) is 0.665. The molecule has 0 aromatic rings. The predicted molar refractivity (Wildman–Crippen MR) is 44.7 cm³/mol. The van der Waals surface area contributed by atoms with E-state index in [1.807, 2.05) is 0 Å². The van der Waals surface area contributed by atoms with Gasteiger partial charge in [0.2, 0.25) is 0 Å². The summed E-state index contributed by atoms with van der Waals surface area (Å²) in [5.74, 6) is 0. The van der Waals surface area contributed by atoms with Crippen molar-refractivity contribution in [2.45, 2.75) is 6.18 Å². The zero-order valence-corrected chi connectivity index (χ0v) is 6.73. The van der Waals surface area contributed by atoms with Crippen molar-refractivity contribution >= 4 is 0 Å². The van der Waals surface area contributed by atoms with Crippen LogP contribution in [0, 0.1) is 0 Å². The molecule has 0 radical (unpaired) electrons. The van der Waals surface area contributed by atoms with E-state index < -0.39 is 11.7 Å². The van der Waals surface area contributed by atoms with Gasteiger partial charge in [-0.15, -0.1) is 0 Å². The average molecular weight is 187 g/mol. The minimum Gasteiger partial charge on any atom is -0.362 e. The molecule has 0 saturated carbocycles. The lowest BCUT2D eigenvalue weighted by molar-refractivity contribution is -0.0878. The van der Waals surface area contributed by atoms with Crippen LogP contribution in [0.2, 0.25) is 0 Å². The van der Waals surface area contributed by atoms with Crippen molar-refractivity contribution in [3.63, 3.8) is 0 Å². The molecule has 0 aromatic carbocycles. The van der Waals surface area contributed by atoms with Gasteiger partial charge in [0.25, 0.3) is 0 Å². The van der Waals surface area contributed by atoms with Gasteiger partial charge in [0, 0.05) is 11.9 Å². The molecule has 0 bridgehead atoms. The van der Waals surface area contributed by atoms with Crippen LogP contribution in [-0.2, 0) is 0 Å². The fraction of sp³-hybridized carbons (Fsp3) is 0.111. The van der Waals surface area contributed by atoms with Crippen LogP contribution in [0.25, 0.3) is 0 Å². The van der Waals surface area contributed by atoms with Gasteiger partial charge >= 0.3 is 6.18 Å². The summed E-state index contributed by atoms with van der Waals surface area (Å²) in [6, 6.07) is 0. The van der Waals surface area contributed by atoms with Crippen molar-refractivity contribution in [1.82, 2.24) is 5.32 Å². The molecule has 1 rings (SSSR count). The van der Waals surface area contributed by atoms with Crippen LogP contribution in [0.3, 0.4) is 0 Å². The van der Waals surface area contributed by atoms with E-state index in [1.165, 1.54) is 6.08 Å². The third kappa shape index (κ3) is 2.82. The van der Waals surface area contributed by atoms with Gasteiger partial charge in [-0.1, -0.05) is 12.7 Å². The Morgan fingerprint density at radius 1 is 1.38 bits per heavy atom. The summed E-state index contributed by atoms with van der Waals surface area (Å²) in [5.41, 5.74) is -0.486.